The predicted molar refractivity (Wildman–Crippen MR) is 309 cm³/mol. The molecule has 5 saturated heterocycles. The van der Waals surface area contributed by atoms with Gasteiger partial charge in [-0.3, -0.25) is 34.2 Å². The van der Waals surface area contributed by atoms with E-state index in [9.17, 15) is 9.59 Å². The molecule has 2 amide bonds. The van der Waals surface area contributed by atoms with Crippen molar-refractivity contribution in [1.82, 2.24) is 50.1 Å². The van der Waals surface area contributed by atoms with Gasteiger partial charge in [0.25, 0.3) is 5.91 Å². The molecule has 2 N–H and O–H groups in total. The van der Waals surface area contributed by atoms with Crippen LogP contribution in [0.15, 0.2) is 54.4 Å². The summed E-state index contributed by atoms with van der Waals surface area (Å²) in [5, 5.41) is 8.90. The summed E-state index contributed by atoms with van der Waals surface area (Å²) in [5.41, 5.74) is 11.3. The number of thiazole rings is 1. The highest BCUT2D eigenvalue weighted by molar-refractivity contribution is 7.10. The van der Waals surface area contributed by atoms with Crippen LogP contribution in [0.2, 0.25) is 0 Å². The summed E-state index contributed by atoms with van der Waals surface area (Å²) >= 11 is 1.55. The van der Waals surface area contributed by atoms with Crippen LogP contribution in [-0.4, -0.2) is 159 Å². The average molecular weight is 1120 g/mol. The van der Waals surface area contributed by atoms with Crippen molar-refractivity contribution in [1.29, 1.82) is 0 Å². The Hall–Kier alpha value is -5.41. The largest absolute Gasteiger partial charge is 0.464 e. The first-order valence-corrected chi connectivity index (χ1v) is 30.9. The number of amides is 2. The predicted octanol–water partition coefficient (Wildman–Crippen LogP) is 7.87. The molecule has 14 rings (SSSR count). The molecule has 3 aliphatic carbocycles. The second kappa shape index (κ2) is 22.0. The van der Waals surface area contributed by atoms with E-state index in [1.54, 1.807) is 29.7 Å². The number of carbonyl (C=O) groups is 3. The molecule has 0 radical (unpaired) electrons. The highest BCUT2D eigenvalue weighted by Gasteiger charge is 2.56. The summed E-state index contributed by atoms with van der Waals surface area (Å²) in [5.74, 6) is -0.787. The Morgan fingerprint density at radius 3 is 2.57 bits per heavy atom. The van der Waals surface area contributed by atoms with Gasteiger partial charge < -0.3 is 33.7 Å². The van der Waals surface area contributed by atoms with E-state index in [2.05, 4.69) is 111 Å². The Morgan fingerprint density at radius 1 is 1.00 bits per heavy atom. The number of hydrogen-bond donors (Lipinski definition) is 2. The number of rotatable bonds is 13. The van der Waals surface area contributed by atoms with Gasteiger partial charge in [-0.25, -0.2) is 20.4 Å². The Labute approximate surface area is 480 Å². The first-order chi connectivity index (χ1) is 39.1. The van der Waals surface area contributed by atoms with Gasteiger partial charge in [0, 0.05) is 135 Å². The smallest absolute Gasteiger partial charge is 0.324 e. The number of pyridine rings is 1. The van der Waals surface area contributed by atoms with E-state index in [0.29, 0.717) is 51.5 Å². The van der Waals surface area contributed by atoms with Gasteiger partial charge in [-0.1, -0.05) is 26.8 Å². The Morgan fingerprint density at radius 2 is 1.83 bits per heavy atom. The number of nitrogens with one attached hydrogen (secondary N) is 2. The van der Waals surface area contributed by atoms with Crippen molar-refractivity contribution in [2.24, 2.45) is 23.2 Å². The van der Waals surface area contributed by atoms with Gasteiger partial charge in [0.1, 0.15) is 23.4 Å². The van der Waals surface area contributed by atoms with Crippen LogP contribution in [0.3, 0.4) is 0 Å². The number of anilines is 1. The molecular weight excluding hydrogens is 1040 g/mol. The Kier molecular flexibility index (Phi) is 14.9. The van der Waals surface area contributed by atoms with Crippen molar-refractivity contribution in [3.05, 3.63) is 76.4 Å². The van der Waals surface area contributed by atoms with E-state index < -0.39 is 29.5 Å². The molecule has 8 fully saturated rings. The minimum absolute atomic E-state index is 0.0280. The number of methoxy groups -OCH3 is 1. The van der Waals surface area contributed by atoms with E-state index in [1.165, 1.54) is 19.2 Å². The van der Waals surface area contributed by atoms with Gasteiger partial charge in [-0.15, -0.1) is 11.3 Å². The van der Waals surface area contributed by atoms with E-state index >= 15 is 4.79 Å². The lowest BCUT2D eigenvalue weighted by Gasteiger charge is -2.40. The lowest BCUT2D eigenvalue weighted by molar-refractivity contribution is -0.156. The fourth-order valence-corrected chi connectivity index (χ4v) is 15.4. The maximum atomic E-state index is 15.5. The molecule has 8 atom stereocenters. The first kappa shape index (κ1) is 54.8. The summed E-state index contributed by atoms with van der Waals surface area (Å²) in [6, 6.07) is 9.59. The molecule has 10 heterocycles. The number of esters is 1. The maximum absolute atomic E-state index is 15.5. The monoisotopic (exact) mass is 1120 g/mol. The fourth-order valence-electron chi connectivity index (χ4n) is 14.4. The maximum Gasteiger partial charge on any atom is 0.324 e. The molecule has 4 aromatic heterocycles. The van der Waals surface area contributed by atoms with Crippen LogP contribution in [0, 0.1) is 23.2 Å². The van der Waals surface area contributed by atoms with E-state index in [-0.39, 0.29) is 60.0 Å². The van der Waals surface area contributed by atoms with Crippen LogP contribution >= 0.6 is 11.3 Å². The third kappa shape index (κ3) is 10.9. The van der Waals surface area contributed by atoms with Crippen LogP contribution in [0.4, 0.5) is 5.69 Å². The third-order valence-corrected chi connectivity index (χ3v) is 20.1. The third-order valence-electron chi connectivity index (χ3n) is 19.2. The summed E-state index contributed by atoms with van der Waals surface area (Å²) in [6.45, 7) is 19.7. The molecule has 432 valence electrons. The zero-order valence-corrected chi connectivity index (χ0v) is 49.1. The number of ether oxygens (including phenoxy) is 4. The van der Waals surface area contributed by atoms with Crippen LogP contribution in [-0.2, 0) is 46.3 Å². The molecule has 8 bridgehead atoms. The number of fused-ring (bicyclic) bond motifs is 7. The number of cyclic esters (lactones) is 1. The number of benzene rings is 1. The Balaban J connectivity index is 0.943. The number of hydrogen-bond acceptors (Lipinski definition) is 16. The SMILES string of the molecule is CO[C@@H](C)c1ncc(N2CCN(C3CC3)CC2)cc1-c1c2c3cc(ccc3n1CCO[C@H]1CCOC(C)(C)C1)-c1csc(n1)[C@@H](N1CC3CC1C3)[C@H](NC(=O)[C@@H]1[C@@H](C)[C@H]1c1ccncn1)C(=O)N1CCCC(N1)C(=O)OCC(C)(C)C2. The normalized spacial score (nSPS) is 29.9. The standard InChI is InChI=1S/C62H81N11O7S/c1-36-51(47-14-16-63-35-65-47)52(36)57(74)67-54-56(72-32-38-25-41(72)26-38)58-66-49(33-81-58)39-10-13-50-44(27-39)46(30-61(3,4)34-79-60(76)48-9-8-17-73(68-48)59(54)75)55(71(50)22-24-78-43-15-23-80-62(5,6)29-43)45-28-42(31-64-53(45)37(2)77-7)70-20-18-69(19-21-70)40-11-12-40/h10,13-14,16,27-28,31,33,35-38,40-41,43,48,51-52,54,56,68H,8-9,11-12,15,17-26,29-30,32,34H2,1-7H3,(H,67,74)/t36-,37-,38?,41?,43-,48?,51-,52+,54-,56-/m0/s1. The van der Waals surface area contributed by atoms with E-state index in [1.807, 2.05) is 12.3 Å². The number of carbonyl (C=O) groups excluding carboxylic acids is 3. The summed E-state index contributed by atoms with van der Waals surface area (Å²) < 4.78 is 28.0. The summed E-state index contributed by atoms with van der Waals surface area (Å²) in [6.07, 6.45) is 13.0. The lowest BCUT2D eigenvalue weighted by atomic mass is 9.84. The second-order valence-corrected chi connectivity index (χ2v) is 27.0. The average Bonchev–Trinajstić information content (AvgIpc) is 3.71. The molecule has 3 saturated carbocycles. The number of aromatic nitrogens is 5. The summed E-state index contributed by atoms with van der Waals surface area (Å²) in [7, 11) is 1.75. The van der Waals surface area contributed by atoms with Crippen molar-refractivity contribution < 1.29 is 33.3 Å². The van der Waals surface area contributed by atoms with Crippen molar-refractivity contribution >= 4 is 45.7 Å². The van der Waals surface area contributed by atoms with Gasteiger partial charge in [-0.05, 0) is 114 Å². The summed E-state index contributed by atoms with van der Waals surface area (Å²) in [4.78, 5) is 71.8. The highest BCUT2D eigenvalue weighted by Crippen LogP contribution is 2.54. The van der Waals surface area contributed by atoms with Gasteiger partial charge in [0.2, 0.25) is 5.91 Å². The van der Waals surface area contributed by atoms with Gasteiger partial charge in [-0.2, -0.15) is 0 Å². The molecular formula is C62H81N11O7S. The molecule has 0 spiro atoms. The number of nitrogens with zero attached hydrogens (tertiary/aromatic N) is 9. The van der Waals surface area contributed by atoms with Crippen LogP contribution in [0.5, 0.6) is 0 Å². The van der Waals surface area contributed by atoms with E-state index in [0.717, 1.165) is 126 Å². The topological polar surface area (TPSA) is 182 Å². The minimum Gasteiger partial charge on any atom is -0.464 e. The van der Waals surface area contributed by atoms with Crippen molar-refractivity contribution in [2.75, 3.05) is 71.1 Å². The number of piperazine rings is 1. The van der Waals surface area contributed by atoms with Crippen LogP contribution in [0.25, 0.3) is 33.4 Å². The zero-order valence-electron chi connectivity index (χ0n) is 48.3. The Bertz CT molecular complexity index is 3150. The zero-order chi connectivity index (χ0) is 55.9. The molecule has 9 aliphatic rings. The molecule has 1 aromatic carbocycles. The van der Waals surface area contributed by atoms with Gasteiger partial charge in [0.05, 0.1) is 66.0 Å². The van der Waals surface area contributed by atoms with Gasteiger partial charge >= 0.3 is 5.97 Å². The minimum atomic E-state index is -0.995. The van der Waals surface area contributed by atoms with Crippen molar-refractivity contribution in [2.45, 2.75) is 160 Å². The van der Waals surface area contributed by atoms with E-state index in [4.69, 9.17) is 28.9 Å². The van der Waals surface area contributed by atoms with Crippen molar-refractivity contribution in [3.8, 4) is 22.5 Å². The molecule has 1 unspecified atom stereocenters. The van der Waals surface area contributed by atoms with Crippen LogP contribution < -0.4 is 15.6 Å². The molecule has 6 aliphatic heterocycles. The number of hydrazine groups is 1. The van der Waals surface area contributed by atoms with Crippen molar-refractivity contribution in [3.63, 3.8) is 0 Å². The van der Waals surface area contributed by atoms with Crippen LogP contribution in [0.1, 0.15) is 133 Å². The molecule has 19 heteroatoms. The van der Waals surface area contributed by atoms with Gasteiger partial charge in [0.15, 0.2) is 0 Å². The quantitative estimate of drug-likeness (QED) is 0.109. The second-order valence-electron chi connectivity index (χ2n) is 26.1. The molecule has 18 nitrogen and oxygen atoms in total. The first-order valence-electron chi connectivity index (χ1n) is 30.0. The fraction of sp³-hybridized carbons (Fsp3) is 0.629. The molecule has 5 aromatic rings. The molecule has 81 heavy (non-hydrogen) atoms. The lowest BCUT2D eigenvalue weighted by Crippen LogP contribution is -2.62. The highest BCUT2D eigenvalue weighted by atomic mass is 32.1.